The molecule has 1 radical (unpaired) electrons. The van der Waals surface area contributed by atoms with Crippen molar-refractivity contribution in [1.82, 2.24) is 0 Å². The van der Waals surface area contributed by atoms with Crippen molar-refractivity contribution in [1.29, 1.82) is 0 Å². The molecule has 0 aliphatic heterocycles. The smallest absolute Gasteiger partial charge is 0.178 e. The van der Waals surface area contributed by atoms with E-state index in [0.717, 1.165) is 12.8 Å². The minimum atomic E-state index is 0.0954. The van der Waals surface area contributed by atoms with Crippen LogP contribution in [0.1, 0.15) is 24.0 Å². The SMILES string of the molecule is [O]c1ccc(CCCCc2ccccc2)cc1. The van der Waals surface area contributed by atoms with Gasteiger partial charge in [-0.05, 0) is 48.9 Å². The minimum Gasteiger partial charge on any atom is -0.290 e. The molecule has 2 aromatic rings. The van der Waals surface area contributed by atoms with Crippen LogP contribution in [0.5, 0.6) is 5.75 Å². The summed E-state index contributed by atoms with van der Waals surface area (Å²) in [6.07, 6.45) is 4.57. The van der Waals surface area contributed by atoms with E-state index in [2.05, 4.69) is 24.3 Å². The highest BCUT2D eigenvalue weighted by Crippen LogP contribution is 2.13. The molecule has 0 atom stereocenters. The first-order valence-electron chi connectivity index (χ1n) is 6.14. The van der Waals surface area contributed by atoms with Crippen LogP contribution in [0.25, 0.3) is 0 Å². The Hall–Kier alpha value is -1.76. The van der Waals surface area contributed by atoms with Crippen LogP contribution in [0, 0.1) is 0 Å². The Bertz CT molecular complexity index is 431. The van der Waals surface area contributed by atoms with Gasteiger partial charge in [0.05, 0.1) is 0 Å². The van der Waals surface area contributed by atoms with Crippen molar-refractivity contribution in [2.75, 3.05) is 0 Å². The van der Waals surface area contributed by atoms with Crippen LogP contribution in [-0.2, 0) is 17.9 Å². The predicted molar refractivity (Wildman–Crippen MR) is 69.7 cm³/mol. The van der Waals surface area contributed by atoms with E-state index in [1.165, 1.54) is 24.0 Å². The maximum Gasteiger partial charge on any atom is 0.178 e. The average Bonchev–Trinajstić information content (AvgIpc) is 2.38. The molecule has 0 saturated heterocycles. The Morgan fingerprint density at radius 2 is 1.18 bits per heavy atom. The summed E-state index contributed by atoms with van der Waals surface area (Å²) in [5, 5.41) is 10.9. The lowest BCUT2D eigenvalue weighted by molar-refractivity contribution is 0.355. The van der Waals surface area contributed by atoms with Crippen molar-refractivity contribution in [2.24, 2.45) is 0 Å². The molecule has 0 aromatic heterocycles. The third-order valence-corrected chi connectivity index (χ3v) is 2.95. The van der Waals surface area contributed by atoms with Gasteiger partial charge in [-0.2, -0.15) is 0 Å². The number of benzene rings is 2. The van der Waals surface area contributed by atoms with Crippen LogP contribution in [-0.4, -0.2) is 0 Å². The van der Waals surface area contributed by atoms with Crippen molar-refractivity contribution in [2.45, 2.75) is 25.7 Å². The summed E-state index contributed by atoms with van der Waals surface area (Å²) in [7, 11) is 0. The lowest BCUT2D eigenvalue weighted by atomic mass is 10.0. The monoisotopic (exact) mass is 225 g/mol. The molecule has 0 N–H and O–H groups in total. The lowest BCUT2D eigenvalue weighted by Gasteiger charge is -2.02. The standard InChI is InChI=1S/C16H17O/c17-16-12-10-15(11-13-16)9-5-4-8-14-6-2-1-3-7-14/h1-3,6-7,10-13H,4-5,8-9H2. The van der Waals surface area contributed by atoms with Gasteiger partial charge >= 0.3 is 0 Å². The van der Waals surface area contributed by atoms with E-state index in [4.69, 9.17) is 0 Å². The molecule has 0 amide bonds. The highest BCUT2D eigenvalue weighted by atomic mass is 16.3. The summed E-state index contributed by atoms with van der Waals surface area (Å²) < 4.78 is 0. The summed E-state index contributed by atoms with van der Waals surface area (Å²) in [5.74, 6) is 0.0954. The molecule has 87 valence electrons. The van der Waals surface area contributed by atoms with Gasteiger partial charge in [0.1, 0.15) is 0 Å². The Labute approximate surface area is 103 Å². The van der Waals surface area contributed by atoms with E-state index in [1.54, 1.807) is 12.1 Å². The van der Waals surface area contributed by atoms with Gasteiger partial charge in [0.15, 0.2) is 5.75 Å². The first-order chi connectivity index (χ1) is 8.34. The van der Waals surface area contributed by atoms with E-state index < -0.39 is 0 Å². The Kier molecular flexibility index (Phi) is 4.20. The molecule has 0 saturated carbocycles. The molecule has 0 fully saturated rings. The van der Waals surface area contributed by atoms with Gasteiger partial charge in [-0.15, -0.1) is 0 Å². The van der Waals surface area contributed by atoms with Gasteiger partial charge in [0.2, 0.25) is 0 Å². The fraction of sp³-hybridized carbons (Fsp3) is 0.250. The molecule has 1 nitrogen and oxygen atoms in total. The summed E-state index contributed by atoms with van der Waals surface area (Å²) in [6, 6.07) is 17.7. The lowest BCUT2D eigenvalue weighted by Crippen LogP contribution is -1.88. The van der Waals surface area contributed by atoms with Gasteiger partial charge in [-0.1, -0.05) is 42.5 Å². The average molecular weight is 225 g/mol. The molecule has 0 spiro atoms. The number of rotatable bonds is 5. The van der Waals surface area contributed by atoms with E-state index in [1.807, 2.05) is 18.2 Å². The predicted octanol–water partition coefficient (Wildman–Crippen LogP) is 4.40. The Morgan fingerprint density at radius 1 is 0.647 bits per heavy atom. The third kappa shape index (κ3) is 3.95. The van der Waals surface area contributed by atoms with Crippen molar-refractivity contribution < 1.29 is 5.11 Å². The molecule has 2 aromatic carbocycles. The number of unbranched alkanes of at least 4 members (excludes halogenated alkanes) is 1. The zero-order valence-electron chi connectivity index (χ0n) is 9.93. The summed E-state index contributed by atoms with van der Waals surface area (Å²) in [4.78, 5) is 0. The van der Waals surface area contributed by atoms with Crippen LogP contribution in [0.2, 0.25) is 0 Å². The Balaban J connectivity index is 1.71. The molecule has 0 unspecified atom stereocenters. The molecule has 0 aliphatic rings. The number of aryl methyl sites for hydroxylation is 2. The molecular formula is C16H17O. The summed E-state index contributed by atoms with van der Waals surface area (Å²) in [5.41, 5.74) is 2.67. The number of hydrogen-bond acceptors (Lipinski definition) is 0. The molecule has 0 aliphatic carbocycles. The second-order valence-electron chi connectivity index (χ2n) is 4.34. The zero-order valence-corrected chi connectivity index (χ0v) is 9.93. The molecule has 17 heavy (non-hydrogen) atoms. The fourth-order valence-corrected chi connectivity index (χ4v) is 1.96. The number of hydrogen-bond donors (Lipinski definition) is 0. The summed E-state index contributed by atoms with van der Waals surface area (Å²) in [6.45, 7) is 0. The van der Waals surface area contributed by atoms with E-state index in [-0.39, 0.29) is 5.75 Å². The van der Waals surface area contributed by atoms with Crippen LogP contribution in [0.3, 0.4) is 0 Å². The van der Waals surface area contributed by atoms with E-state index >= 15 is 0 Å². The van der Waals surface area contributed by atoms with Crippen molar-refractivity contribution >= 4 is 0 Å². The van der Waals surface area contributed by atoms with Crippen molar-refractivity contribution in [3.05, 3.63) is 65.7 Å². The van der Waals surface area contributed by atoms with E-state index in [9.17, 15) is 5.11 Å². The first kappa shape index (κ1) is 11.7. The fourth-order valence-electron chi connectivity index (χ4n) is 1.96. The topological polar surface area (TPSA) is 19.9 Å². The zero-order chi connectivity index (χ0) is 11.9. The summed E-state index contributed by atoms with van der Waals surface area (Å²) >= 11 is 0. The van der Waals surface area contributed by atoms with Crippen molar-refractivity contribution in [3.63, 3.8) is 0 Å². The van der Waals surface area contributed by atoms with Crippen LogP contribution in [0.15, 0.2) is 54.6 Å². The molecule has 2 rings (SSSR count). The second kappa shape index (κ2) is 6.09. The molecule has 0 bridgehead atoms. The largest absolute Gasteiger partial charge is 0.290 e. The minimum absolute atomic E-state index is 0.0954. The Morgan fingerprint density at radius 3 is 1.76 bits per heavy atom. The van der Waals surface area contributed by atoms with Crippen LogP contribution in [0.4, 0.5) is 0 Å². The highest BCUT2D eigenvalue weighted by Gasteiger charge is 1.96. The maximum absolute atomic E-state index is 10.9. The van der Waals surface area contributed by atoms with Gasteiger partial charge in [0.25, 0.3) is 0 Å². The van der Waals surface area contributed by atoms with Crippen molar-refractivity contribution in [3.8, 4) is 5.75 Å². The first-order valence-corrected chi connectivity index (χ1v) is 6.14. The van der Waals surface area contributed by atoms with Gasteiger partial charge in [-0.3, -0.25) is 5.11 Å². The van der Waals surface area contributed by atoms with Crippen LogP contribution >= 0.6 is 0 Å². The maximum atomic E-state index is 10.9. The quantitative estimate of drug-likeness (QED) is 0.672. The highest BCUT2D eigenvalue weighted by molar-refractivity contribution is 5.25. The normalized spacial score (nSPS) is 10.4. The third-order valence-electron chi connectivity index (χ3n) is 2.95. The second-order valence-corrected chi connectivity index (χ2v) is 4.34. The van der Waals surface area contributed by atoms with Gasteiger partial charge in [-0.25, -0.2) is 0 Å². The molecular weight excluding hydrogens is 208 g/mol. The van der Waals surface area contributed by atoms with Gasteiger partial charge in [0, 0.05) is 0 Å². The molecule has 0 heterocycles. The van der Waals surface area contributed by atoms with E-state index in [0.29, 0.717) is 0 Å². The van der Waals surface area contributed by atoms with Gasteiger partial charge < -0.3 is 0 Å². The molecule has 1 heteroatoms. The van der Waals surface area contributed by atoms with Crippen LogP contribution < -0.4 is 0 Å².